The fourth-order valence-electron chi connectivity index (χ4n) is 2.38. The summed E-state index contributed by atoms with van der Waals surface area (Å²) < 4.78 is 3.77. The molecule has 4 rings (SSSR count). The zero-order valence-electron chi connectivity index (χ0n) is 11.6. The number of hydrogen-bond donors (Lipinski definition) is 1. The standard InChI is InChI=1S/C16H13N5.ClH/c17-12-8-9-15-18-16(19-21(15)11-12)14-7-4-10-20(14)13-5-2-1-3-6-13;/h1-11H,17H2;1H. The van der Waals surface area contributed by atoms with Crippen LogP contribution in [-0.4, -0.2) is 19.2 Å². The summed E-state index contributed by atoms with van der Waals surface area (Å²) in [5.74, 6) is 0.675. The minimum absolute atomic E-state index is 0. The van der Waals surface area contributed by atoms with Crippen LogP contribution in [0.4, 0.5) is 5.69 Å². The largest absolute Gasteiger partial charge is 0.397 e. The van der Waals surface area contributed by atoms with Crippen molar-refractivity contribution in [1.82, 2.24) is 19.2 Å². The van der Waals surface area contributed by atoms with Crippen molar-refractivity contribution in [3.63, 3.8) is 0 Å². The van der Waals surface area contributed by atoms with E-state index in [0.29, 0.717) is 11.5 Å². The average Bonchev–Trinajstić information content (AvgIpc) is 3.13. The molecule has 1 aromatic carbocycles. The lowest BCUT2D eigenvalue weighted by molar-refractivity contribution is 0.956. The summed E-state index contributed by atoms with van der Waals surface area (Å²) in [5, 5.41) is 4.51. The number of rotatable bonds is 2. The highest BCUT2D eigenvalue weighted by Gasteiger charge is 2.11. The number of nitrogens with two attached hydrogens (primary N) is 1. The van der Waals surface area contributed by atoms with E-state index in [4.69, 9.17) is 5.73 Å². The monoisotopic (exact) mass is 311 g/mol. The number of hydrogen-bond acceptors (Lipinski definition) is 3. The fourth-order valence-corrected chi connectivity index (χ4v) is 2.38. The highest BCUT2D eigenvalue weighted by molar-refractivity contribution is 5.85. The Morgan fingerprint density at radius 1 is 0.909 bits per heavy atom. The number of aromatic nitrogens is 4. The van der Waals surface area contributed by atoms with E-state index >= 15 is 0 Å². The van der Waals surface area contributed by atoms with Gasteiger partial charge in [0, 0.05) is 11.9 Å². The zero-order valence-corrected chi connectivity index (χ0v) is 12.4. The lowest BCUT2D eigenvalue weighted by Gasteiger charge is -2.06. The van der Waals surface area contributed by atoms with Gasteiger partial charge in [0.2, 0.25) is 0 Å². The third-order valence-electron chi connectivity index (χ3n) is 3.37. The molecule has 0 radical (unpaired) electrons. The molecule has 6 heteroatoms. The zero-order chi connectivity index (χ0) is 14.2. The molecule has 0 saturated carbocycles. The SMILES string of the molecule is Cl.Nc1ccc2nc(-c3cccn3-c3ccccc3)nn2c1. The maximum Gasteiger partial charge on any atom is 0.199 e. The first kappa shape index (κ1) is 14.2. The minimum Gasteiger partial charge on any atom is -0.397 e. The summed E-state index contributed by atoms with van der Waals surface area (Å²) in [6, 6.07) is 17.8. The van der Waals surface area contributed by atoms with Crippen LogP contribution in [0.5, 0.6) is 0 Å². The van der Waals surface area contributed by atoms with Crippen molar-refractivity contribution in [2.45, 2.75) is 0 Å². The molecule has 22 heavy (non-hydrogen) atoms. The first-order chi connectivity index (χ1) is 10.3. The number of pyridine rings is 1. The third-order valence-corrected chi connectivity index (χ3v) is 3.37. The molecule has 0 amide bonds. The van der Waals surface area contributed by atoms with Gasteiger partial charge >= 0.3 is 0 Å². The Kier molecular flexibility index (Phi) is 3.56. The molecular formula is C16H14ClN5. The Balaban J connectivity index is 0.00000144. The molecule has 0 saturated heterocycles. The van der Waals surface area contributed by atoms with Crippen LogP contribution in [0.1, 0.15) is 0 Å². The lowest BCUT2D eigenvalue weighted by atomic mass is 10.3. The molecule has 0 spiro atoms. The molecule has 4 aromatic rings. The molecule has 0 aliphatic heterocycles. The van der Waals surface area contributed by atoms with Crippen molar-refractivity contribution >= 4 is 23.7 Å². The summed E-state index contributed by atoms with van der Waals surface area (Å²) in [4.78, 5) is 4.56. The predicted octanol–water partition coefficient (Wildman–Crippen LogP) is 3.19. The van der Waals surface area contributed by atoms with Gasteiger partial charge in [0.05, 0.1) is 17.6 Å². The van der Waals surface area contributed by atoms with Crippen LogP contribution in [0.15, 0.2) is 67.0 Å². The molecule has 0 fully saturated rings. The Labute approximate surface area is 133 Å². The highest BCUT2D eigenvalue weighted by atomic mass is 35.5. The number of fused-ring (bicyclic) bond motifs is 1. The number of para-hydroxylation sites is 1. The Bertz CT molecular complexity index is 911. The van der Waals surface area contributed by atoms with Crippen LogP contribution in [0.3, 0.4) is 0 Å². The van der Waals surface area contributed by atoms with E-state index in [0.717, 1.165) is 17.0 Å². The van der Waals surface area contributed by atoms with Crippen molar-refractivity contribution in [3.05, 3.63) is 67.0 Å². The first-order valence-corrected chi connectivity index (χ1v) is 6.66. The molecular weight excluding hydrogens is 298 g/mol. The Morgan fingerprint density at radius 2 is 1.73 bits per heavy atom. The number of anilines is 1. The van der Waals surface area contributed by atoms with Crippen LogP contribution in [-0.2, 0) is 0 Å². The normalized spacial score (nSPS) is 10.5. The maximum atomic E-state index is 5.78. The van der Waals surface area contributed by atoms with Gasteiger partial charge < -0.3 is 10.3 Å². The molecule has 0 aliphatic carbocycles. The Morgan fingerprint density at radius 3 is 2.55 bits per heavy atom. The maximum absolute atomic E-state index is 5.78. The van der Waals surface area contributed by atoms with Gasteiger partial charge in [0.1, 0.15) is 0 Å². The first-order valence-electron chi connectivity index (χ1n) is 6.66. The van der Waals surface area contributed by atoms with E-state index in [2.05, 4.69) is 26.8 Å². The molecule has 3 heterocycles. The average molecular weight is 312 g/mol. The van der Waals surface area contributed by atoms with E-state index in [1.807, 2.05) is 48.7 Å². The summed E-state index contributed by atoms with van der Waals surface area (Å²) in [5.41, 5.74) is 9.25. The van der Waals surface area contributed by atoms with Gasteiger partial charge in [-0.25, -0.2) is 9.50 Å². The molecule has 0 unspecified atom stereocenters. The number of benzene rings is 1. The van der Waals surface area contributed by atoms with Gasteiger partial charge in [-0.15, -0.1) is 17.5 Å². The van der Waals surface area contributed by atoms with E-state index in [1.165, 1.54) is 0 Å². The molecule has 0 aliphatic rings. The molecule has 0 bridgehead atoms. The van der Waals surface area contributed by atoms with E-state index in [1.54, 1.807) is 10.7 Å². The summed E-state index contributed by atoms with van der Waals surface area (Å²) in [7, 11) is 0. The lowest BCUT2D eigenvalue weighted by Crippen LogP contribution is -1.96. The number of nitrogens with zero attached hydrogens (tertiary/aromatic N) is 4. The van der Waals surface area contributed by atoms with Gasteiger partial charge in [-0.1, -0.05) is 18.2 Å². The minimum atomic E-state index is 0. The fraction of sp³-hybridized carbons (Fsp3) is 0. The molecule has 5 nitrogen and oxygen atoms in total. The predicted molar refractivity (Wildman–Crippen MR) is 89.4 cm³/mol. The molecule has 110 valence electrons. The van der Waals surface area contributed by atoms with E-state index in [-0.39, 0.29) is 12.4 Å². The number of nitrogen functional groups attached to an aromatic ring is 1. The van der Waals surface area contributed by atoms with Gasteiger partial charge in [-0.3, -0.25) is 0 Å². The van der Waals surface area contributed by atoms with Crippen LogP contribution in [0.2, 0.25) is 0 Å². The van der Waals surface area contributed by atoms with Crippen molar-refractivity contribution in [2.75, 3.05) is 5.73 Å². The Hall–Kier alpha value is -2.79. The van der Waals surface area contributed by atoms with Crippen LogP contribution in [0, 0.1) is 0 Å². The highest BCUT2D eigenvalue weighted by Crippen LogP contribution is 2.21. The van der Waals surface area contributed by atoms with Crippen molar-refractivity contribution in [2.24, 2.45) is 0 Å². The quantitative estimate of drug-likeness (QED) is 0.618. The van der Waals surface area contributed by atoms with Gasteiger partial charge in [0.25, 0.3) is 0 Å². The molecule has 2 N–H and O–H groups in total. The number of halogens is 1. The van der Waals surface area contributed by atoms with Crippen molar-refractivity contribution < 1.29 is 0 Å². The van der Waals surface area contributed by atoms with Gasteiger partial charge in [0.15, 0.2) is 11.5 Å². The second-order valence-corrected chi connectivity index (χ2v) is 4.80. The van der Waals surface area contributed by atoms with Gasteiger partial charge in [-0.2, -0.15) is 0 Å². The second kappa shape index (κ2) is 5.54. The van der Waals surface area contributed by atoms with Gasteiger partial charge in [-0.05, 0) is 36.4 Å². The van der Waals surface area contributed by atoms with Crippen molar-refractivity contribution in [1.29, 1.82) is 0 Å². The molecule has 3 aromatic heterocycles. The van der Waals surface area contributed by atoms with E-state index in [9.17, 15) is 0 Å². The smallest absolute Gasteiger partial charge is 0.199 e. The summed E-state index contributed by atoms with van der Waals surface area (Å²) >= 11 is 0. The topological polar surface area (TPSA) is 61.1 Å². The second-order valence-electron chi connectivity index (χ2n) is 4.80. The van der Waals surface area contributed by atoms with Crippen LogP contribution < -0.4 is 5.73 Å². The summed E-state index contributed by atoms with van der Waals surface area (Å²) in [6.45, 7) is 0. The van der Waals surface area contributed by atoms with Crippen molar-refractivity contribution in [3.8, 4) is 17.2 Å². The van der Waals surface area contributed by atoms with Crippen LogP contribution in [0.25, 0.3) is 22.9 Å². The van der Waals surface area contributed by atoms with Crippen LogP contribution >= 0.6 is 12.4 Å². The summed E-state index contributed by atoms with van der Waals surface area (Å²) in [6.07, 6.45) is 3.77. The molecule has 0 atom stereocenters. The third kappa shape index (κ3) is 2.31. The van der Waals surface area contributed by atoms with E-state index < -0.39 is 0 Å².